The largest absolute Gasteiger partial charge is 0.480 e. The van der Waals surface area contributed by atoms with Crippen LogP contribution in [0.4, 0.5) is 13.2 Å². The van der Waals surface area contributed by atoms with E-state index in [0.717, 1.165) is 12.1 Å². The number of hydrogen-bond acceptors (Lipinski definition) is 2. The van der Waals surface area contributed by atoms with Gasteiger partial charge in [-0.1, -0.05) is 6.07 Å². The highest BCUT2D eigenvalue weighted by atomic mass is 19.4. The van der Waals surface area contributed by atoms with Crippen LogP contribution in [-0.4, -0.2) is 11.9 Å². The van der Waals surface area contributed by atoms with E-state index in [1.165, 1.54) is 26.0 Å². The van der Waals surface area contributed by atoms with Crippen molar-refractivity contribution in [2.24, 2.45) is 0 Å². The van der Waals surface area contributed by atoms with Crippen LogP contribution in [0.1, 0.15) is 19.4 Å². The van der Waals surface area contributed by atoms with Crippen molar-refractivity contribution in [3.05, 3.63) is 29.8 Å². The summed E-state index contributed by atoms with van der Waals surface area (Å²) in [5.41, 5.74) is -1.93. The average Bonchev–Trinajstić information content (AvgIpc) is 2.16. The lowest BCUT2D eigenvalue weighted by Gasteiger charge is -2.20. The Labute approximate surface area is 91.0 Å². The van der Waals surface area contributed by atoms with Gasteiger partial charge in [0.25, 0.3) is 0 Å². The van der Waals surface area contributed by atoms with Crippen LogP contribution in [0.3, 0.4) is 0 Å². The summed E-state index contributed by atoms with van der Waals surface area (Å²) in [6.45, 7) is 2.94. The summed E-state index contributed by atoms with van der Waals surface area (Å²) in [4.78, 5) is 10.6. The molecule has 0 bridgehead atoms. The Balaban J connectivity index is 2.96. The maximum Gasteiger partial charge on any atom is 0.416 e. The molecule has 1 rings (SSSR count). The standard InChI is InChI=1S/C11H11F3O2/c1-10(2,7-15)16-9-5-3-4-8(6-9)11(12,13)14/h3-7H,1-2H3. The highest BCUT2D eigenvalue weighted by Crippen LogP contribution is 2.31. The van der Waals surface area contributed by atoms with Gasteiger partial charge in [0.05, 0.1) is 5.56 Å². The lowest BCUT2D eigenvalue weighted by atomic mass is 10.1. The number of rotatable bonds is 3. The molecule has 0 aliphatic rings. The Morgan fingerprint density at radius 3 is 2.38 bits per heavy atom. The molecule has 0 heterocycles. The first kappa shape index (κ1) is 12.5. The second-order valence-electron chi connectivity index (χ2n) is 3.85. The highest BCUT2D eigenvalue weighted by Gasteiger charge is 2.31. The van der Waals surface area contributed by atoms with E-state index in [2.05, 4.69) is 0 Å². The normalized spacial score (nSPS) is 12.3. The quantitative estimate of drug-likeness (QED) is 0.748. The Morgan fingerprint density at radius 2 is 1.88 bits per heavy atom. The summed E-state index contributed by atoms with van der Waals surface area (Å²) in [6, 6.07) is 4.42. The number of ether oxygens (including phenoxy) is 1. The van der Waals surface area contributed by atoms with E-state index in [1.807, 2.05) is 0 Å². The van der Waals surface area contributed by atoms with Crippen LogP contribution in [0.15, 0.2) is 24.3 Å². The Bertz CT molecular complexity index is 383. The van der Waals surface area contributed by atoms with E-state index < -0.39 is 17.3 Å². The molecule has 0 aliphatic carbocycles. The van der Waals surface area contributed by atoms with Crippen LogP contribution in [-0.2, 0) is 11.0 Å². The van der Waals surface area contributed by atoms with Crippen LogP contribution >= 0.6 is 0 Å². The van der Waals surface area contributed by atoms with E-state index >= 15 is 0 Å². The fourth-order valence-electron chi connectivity index (χ4n) is 1.06. The third-order valence-electron chi connectivity index (χ3n) is 1.83. The second-order valence-corrected chi connectivity index (χ2v) is 3.85. The van der Waals surface area contributed by atoms with Crippen molar-refractivity contribution in [3.8, 4) is 5.75 Å². The number of benzene rings is 1. The van der Waals surface area contributed by atoms with Gasteiger partial charge in [0, 0.05) is 0 Å². The third-order valence-corrected chi connectivity index (χ3v) is 1.83. The van der Waals surface area contributed by atoms with Gasteiger partial charge in [0.15, 0.2) is 11.9 Å². The molecule has 0 aliphatic heterocycles. The van der Waals surface area contributed by atoms with Crippen molar-refractivity contribution >= 4 is 6.29 Å². The van der Waals surface area contributed by atoms with Crippen LogP contribution in [0.5, 0.6) is 5.75 Å². The van der Waals surface area contributed by atoms with Gasteiger partial charge in [-0.2, -0.15) is 13.2 Å². The van der Waals surface area contributed by atoms with Gasteiger partial charge in [-0.25, -0.2) is 0 Å². The molecular formula is C11H11F3O2. The zero-order valence-electron chi connectivity index (χ0n) is 8.84. The summed E-state index contributed by atoms with van der Waals surface area (Å²) in [5.74, 6) is 0.0203. The molecule has 0 amide bonds. The minimum atomic E-state index is -4.41. The molecule has 0 unspecified atom stereocenters. The summed E-state index contributed by atoms with van der Waals surface area (Å²) in [5, 5.41) is 0. The molecular weight excluding hydrogens is 221 g/mol. The minimum Gasteiger partial charge on any atom is -0.480 e. The van der Waals surface area contributed by atoms with Crippen molar-refractivity contribution in [1.29, 1.82) is 0 Å². The lowest BCUT2D eigenvalue weighted by molar-refractivity contribution is -0.137. The van der Waals surface area contributed by atoms with Gasteiger partial charge in [-0.3, -0.25) is 4.79 Å². The van der Waals surface area contributed by atoms with Gasteiger partial charge in [0.2, 0.25) is 0 Å². The highest BCUT2D eigenvalue weighted by molar-refractivity contribution is 5.61. The van der Waals surface area contributed by atoms with E-state index in [-0.39, 0.29) is 5.75 Å². The Kier molecular flexibility index (Phi) is 3.26. The number of alkyl halides is 3. The van der Waals surface area contributed by atoms with Gasteiger partial charge in [-0.05, 0) is 32.0 Å². The molecule has 16 heavy (non-hydrogen) atoms. The summed E-state index contributed by atoms with van der Waals surface area (Å²) < 4.78 is 42.2. The first-order valence-corrected chi connectivity index (χ1v) is 4.57. The number of halogens is 3. The van der Waals surface area contributed by atoms with Crippen LogP contribution < -0.4 is 4.74 Å². The number of carbonyl (C=O) groups excluding carboxylic acids is 1. The maximum absolute atomic E-state index is 12.4. The van der Waals surface area contributed by atoms with Gasteiger partial charge in [0.1, 0.15) is 5.75 Å². The van der Waals surface area contributed by atoms with E-state index in [1.54, 1.807) is 0 Å². The fourth-order valence-corrected chi connectivity index (χ4v) is 1.06. The Morgan fingerprint density at radius 1 is 1.25 bits per heavy atom. The molecule has 0 N–H and O–H groups in total. The molecule has 5 heteroatoms. The average molecular weight is 232 g/mol. The van der Waals surface area contributed by atoms with Crippen LogP contribution in [0, 0.1) is 0 Å². The van der Waals surface area contributed by atoms with Gasteiger partial charge >= 0.3 is 6.18 Å². The van der Waals surface area contributed by atoms with E-state index in [9.17, 15) is 18.0 Å². The van der Waals surface area contributed by atoms with Crippen molar-refractivity contribution in [3.63, 3.8) is 0 Å². The molecule has 0 atom stereocenters. The smallest absolute Gasteiger partial charge is 0.416 e. The predicted molar refractivity (Wildman–Crippen MR) is 52.2 cm³/mol. The summed E-state index contributed by atoms with van der Waals surface area (Å²) >= 11 is 0. The molecule has 0 spiro atoms. The lowest BCUT2D eigenvalue weighted by Crippen LogP contribution is -2.29. The summed E-state index contributed by atoms with van der Waals surface area (Å²) in [6.07, 6.45) is -3.88. The van der Waals surface area contributed by atoms with Crippen molar-refractivity contribution in [1.82, 2.24) is 0 Å². The van der Waals surface area contributed by atoms with Crippen molar-refractivity contribution < 1.29 is 22.7 Å². The number of carbonyl (C=O) groups is 1. The SMILES string of the molecule is CC(C)(C=O)Oc1cccc(C(F)(F)F)c1. The molecule has 0 aromatic heterocycles. The van der Waals surface area contributed by atoms with Gasteiger partial charge < -0.3 is 4.74 Å². The maximum atomic E-state index is 12.4. The van der Waals surface area contributed by atoms with Gasteiger partial charge in [-0.15, -0.1) is 0 Å². The topological polar surface area (TPSA) is 26.3 Å². The second kappa shape index (κ2) is 4.15. The zero-order chi connectivity index (χ0) is 12.4. The third kappa shape index (κ3) is 3.25. The molecule has 2 nitrogen and oxygen atoms in total. The molecule has 1 aromatic rings. The molecule has 0 radical (unpaired) electrons. The fraction of sp³-hybridized carbons (Fsp3) is 0.364. The predicted octanol–water partition coefficient (Wildman–Crippen LogP) is 3.06. The Hall–Kier alpha value is -1.52. The monoisotopic (exact) mass is 232 g/mol. The van der Waals surface area contributed by atoms with Crippen LogP contribution in [0.25, 0.3) is 0 Å². The zero-order valence-corrected chi connectivity index (χ0v) is 8.84. The number of hydrogen-bond donors (Lipinski definition) is 0. The van der Waals surface area contributed by atoms with Crippen LogP contribution in [0.2, 0.25) is 0 Å². The molecule has 0 saturated carbocycles. The van der Waals surface area contributed by atoms with Crippen molar-refractivity contribution in [2.45, 2.75) is 25.6 Å². The minimum absolute atomic E-state index is 0.0203. The number of aldehydes is 1. The molecule has 0 saturated heterocycles. The first-order chi connectivity index (χ1) is 7.24. The molecule has 88 valence electrons. The molecule has 0 fully saturated rings. The molecule has 1 aromatic carbocycles. The van der Waals surface area contributed by atoms with E-state index in [0.29, 0.717) is 6.29 Å². The van der Waals surface area contributed by atoms with Crippen molar-refractivity contribution in [2.75, 3.05) is 0 Å². The first-order valence-electron chi connectivity index (χ1n) is 4.57. The summed E-state index contributed by atoms with van der Waals surface area (Å²) in [7, 11) is 0. The van der Waals surface area contributed by atoms with E-state index in [4.69, 9.17) is 4.74 Å².